The molecular formula is C13H19N5O3. The first kappa shape index (κ1) is 15.0. The van der Waals surface area contributed by atoms with E-state index in [0.717, 1.165) is 32.4 Å². The van der Waals surface area contributed by atoms with Crippen molar-refractivity contribution in [3.05, 3.63) is 22.2 Å². The van der Waals surface area contributed by atoms with Crippen molar-refractivity contribution in [1.82, 2.24) is 9.88 Å². The van der Waals surface area contributed by atoms with Gasteiger partial charge in [-0.05, 0) is 26.2 Å². The van der Waals surface area contributed by atoms with Gasteiger partial charge in [0.05, 0.1) is 17.1 Å². The summed E-state index contributed by atoms with van der Waals surface area (Å²) in [7, 11) is 0. The van der Waals surface area contributed by atoms with E-state index in [4.69, 9.17) is 5.73 Å². The molecule has 0 aliphatic carbocycles. The van der Waals surface area contributed by atoms with Crippen LogP contribution in [0.15, 0.2) is 12.1 Å². The smallest absolute Gasteiger partial charge is 0.276 e. The standard InChI is InChI=1S/C13H19N5O3/c1-9(13(19)17-5-3-2-4-6-17)15-12-8-10(18(20)21)7-11(14)16-12/h7-9H,2-6H2,1H3,(H3,14,15,16). The van der Waals surface area contributed by atoms with Gasteiger partial charge in [0.1, 0.15) is 17.7 Å². The molecule has 1 aliphatic heterocycles. The Morgan fingerprint density at radius 3 is 2.71 bits per heavy atom. The lowest BCUT2D eigenvalue weighted by molar-refractivity contribution is -0.384. The Kier molecular flexibility index (Phi) is 4.56. The number of amides is 1. The number of nitrogen functional groups attached to an aromatic ring is 1. The van der Waals surface area contributed by atoms with E-state index in [0.29, 0.717) is 0 Å². The quantitative estimate of drug-likeness (QED) is 0.640. The van der Waals surface area contributed by atoms with E-state index in [-0.39, 0.29) is 23.2 Å². The number of likely N-dealkylation sites (tertiary alicyclic amines) is 1. The lowest BCUT2D eigenvalue weighted by Gasteiger charge is -2.29. The van der Waals surface area contributed by atoms with Gasteiger partial charge in [-0.1, -0.05) is 0 Å². The van der Waals surface area contributed by atoms with Crippen molar-refractivity contribution in [2.24, 2.45) is 0 Å². The summed E-state index contributed by atoms with van der Waals surface area (Å²) in [6.45, 7) is 3.23. The van der Waals surface area contributed by atoms with Crippen molar-refractivity contribution in [3.63, 3.8) is 0 Å². The number of carbonyl (C=O) groups excluding carboxylic acids is 1. The number of aromatic nitrogens is 1. The monoisotopic (exact) mass is 293 g/mol. The maximum atomic E-state index is 12.3. The lowest BCUT2D eigenvalue weighted by Crippen LogP contribution is -2.44. The molecule has 0 radical (unpaired) electrons. The van der Waals surface area contributed by atoms with Crippen LogP contribution >= 0.6 is 0 Å². The average Bonchev–Trinajstić information content (AvgIpc) is 2.46. The molecule has 0 aromatic carbocycles. The van der Waals surface area contributed by atoms with Crippen LogP contribution in [0.4, 0.5) is 17.3 Å². The van der Waals surface area contributed by atoms with Gasteiger partial charge in [-0.25, -0.2) is 4.98 Å². The predicted octanol–water partition coefficient (Wildman–Crippen LogP) is 1.38. The van der Waals surface area contributed by atoms with Crippen molar-refractivity contribution < 1.29 is 9.72 Å². The van der Waals surface area contributed by atoms with Gasteiger partial charge in [-0.15, -0.1) is 0 Å². The Balaban J connectivity index is 2.06. The van der Waals surface area contributed by atoms with Crippen molar-refractivity contribution in [3.8, 4) is 0 Å². The minimum atomic E-state index is -0.541. The van der Waals surface area contributed by atoms with Crippen LogP contribution in [-0.4, -0.2) is 39.8 Å². The van der Waals surface area contributed by atoms with Gasteiger partial charge in [0.2, 0.25) is 5.91 Å². The van der Waals surface area contributed by atoms with E-state index >= 15 is 0 Å². The number of rotatable bonds is 4. The average molecular weight is 293 g/mol. The molecule has 8 nitrogen and oxygen atoms in total. The van der Waals surface area contributed by atoms with E-state index in [2.05, 4.69) is 10.3 Å². The maximum absolute atomic E-state index is 12.3. The molecule has 0 spiro atoms. The van der Waals surface area contributed by atoms with Crippen LogP contribution in [0.25, 0.3) is 0 Å². The Morgan fingerprint density at radius 1 is 1.43 bits per heavy atom. The summed E-state index contributed by atoms with van der Waals surface area (Å²) in [5.41, 5.74) is 5.39. The molecule has 1 unspecified atom stereocenters. The van der Waals surface area contributed by atoms with E-state index in [1.165, 1.54) is 12.1 Å². The Labute approximate surface area is 122 Å². The largest absolute Gasteiger partial charge is 0.383 e. The molecule has 3 N–H and O–H groups in total. The van der Waals surface area contributed by atoms with Crippen molar-refractivity contribution in [2.45, 2.75) is 32.2 Å². The third-order valence-electron chi connectivity index (χ3n) is 3.44. The molecule has 21 heavy (non-hydrogen) atoms. The number of nitrogens with two attached hydrogens (primary N) is 1. The number of anilines is 2. The van der Waals surface area contributed by atoms with Gasteiger partial charge in [0, 0.05) is 13.1 Å². The first-order valence-electron chi connectivity index (χ1n) is 6.94. The van der Waals surface area contributed by atoms with Gasteiger partial charge in [-0.2, -0.15) is 0 Å². The second-order valence-electron chi connectivity index (χ2n) is 5.14. The van der Waals surface area contributed by atoms with E-state index in [9.17, 15) is 14.9 Å². The topological polar surface area (TPSA) is 114 Å². The number of nitrogens with one attached hydrogen (secondary N) is 1. The number of pyridine rings is 1. The molecule has 1 atom stereocenters. The zero-order valence-electron chi connectivity index (χ0n) is 11.9. The highest BCUT2D eigenvalue weighted by molar-refractivity contribution is 5.84. The summed E-state index contributed by atoms with van der Waals surface area (Å²) in [5, 5.41) is 13.7. The first-order chi connectivity index (χ1) is 9.97. The van der Waals surface area contributed by atoms with E-state index in [1.807, 2.05) is 4.90 Å². The van der Waals surface area contributed by atoms with Crippen LogP contribution in [0.3, 0.4) is 0 Å². The van der Waals surface area contributed by atoms with E-state index in [1.54, 1.807) is 6.92 Å². The van der Waals surface area contributed by atoms with Crippen molar-refractivity contribution in [1.29, 1.82) is 0 Å². The molecule has 2 heterocycles. The molecule has 0 saturated carbocycles. The summed E-state index contributed by atoms with van der Waals surface area (Å²) in [4.78, 5) is 28.3. The Bertz CT molecular complexity index is 543. The third-order valence-corrected chi connectivity index (χ3v) is 3.44. The number of nitro groups is 1. The normalized spacial score (nSPS) is 16.3. The highest BCUT2D eigenvalue weighted by atomic mass is 16.6. The van der Waals surface area contributed by atoms with Gasteiger partial charge >= 0.3 is 0 Å². The number of nitrogens with zero attached hydrogens (tertiary/aromatic N) is 3. The van der Waals surface area contributed by atoms with Crippen LogP contribution in [-0.2, 0) is 4.79 Å². The van der Waals surface area contributed by atoms with Crippen LogP contribution in [0, 0.1) is 10.1 Å². The molecule has 1 aromatic heterocycles. The van der Waals surface area contributed by atoms with Crippen molar-refractivity contribution >= 4 is 23.2 Å². The summed E-state index contributed by atoms with van der Waals surface area (Å²) in [6, 6.07) is 1.95. The van der Waals surface area contributed by atoms with Gasteiger partial charge < -0.3 is 16.0 Å². The number of carbonyl (C=O) groups is 1. The fraction of sp³-hybridized carbons (Fsp3) is 0.538. The fourth-order valence-electron chi connectivity index (χ4n) is 2.39. The minimum Gasteiger partial charge on any atom is -0.383 e. The second-order valence-corrected chi connectivity index (χ2v) is 5.14. The SMILES string of the molecule is CC(Nc1cc([N+](=O)[O-])cc(N)n1)C(=O)N1CCCCC1. The van der Waals surface area contributed by atoms with Crippen molar-refractivity contribution in [2.75, 3.05) is 24.1 Å². The predicted molar refractivity (Wildman–Crippen MR) is 78.8 cm³/mol. The molecular weight excluding hydrogens is 274 g/mol. The van der Waals surface area contributed by atoms with E-state index < -0.39 is 11.0 Å². The Morgan fingerprint density at radius 2 is 2.10 bits per heavy atom. The number of piperidine rings is 1. The molecule has 2 rings (SSSR count). The summed E-state index contributed by atoms with van der Waals surface area (Å²) < 4.78 is 0. The molecule has 1 aliphatic rings. The molecule has 1 aromatic rings. The zero-order chi connectivity index (χ0) is 15.4. The Hall–Kier alpha value is -2.38. The highest BCUT2D eigenvalue weighted by Gasteiger charge is 2.23. The van der Waals surface area contributed by atoms with Crippen LogP contribution in [0.1, 0.15) is 26.2 Å². The maximum Gasteiger partial charge on any atom is 0.276 e. The summed E-state index contributed by atoms with van der Waals surface area (Å²) in [5.74, 6) is 0.255. The highest BCUT2D eigenvalue weighted by Crippen LogP contribution is 2.20. The second kappa shape index (κ2) is 6.38. The number of hydrogen-bond acceptors (Lipinski definition) is 6. The summed E-state index contributed by atoms with van der Waals surface area (Å²) >= 11 is 0. The molecule has 114 valence electrons. The fourth-order valence-corrected chi connectivity index (χ4v) is 2.39. The zero-order valence-corrected chi connectivity index (χ0v) is 11.9. The van der Waals surface area contributed by atoms with Gasteiger partial charge in [0.15, 0.2) is 0 Å². The first-order valence-corrected chi connectivity index (χ1v) is 6.94. The minimum absolute atomic E-state index is 0.0263. The molecule has 1 amide bonds. The molecule has 1 saturated heterocycles. The van der Waals surface area contributed by atoms with Gasteiger partial charge in [0.25, 0.3) is 5.69 Å². The molecule has 0 bridgehead atoms. The number of hydrogen-bond donors (Lipinski definition) is 2. The third kappa shape index (κ3) is 3.80. The van der Waals surface area contributed by atoms with Crippen LogP contribution in [0.5, 0.6) is 0 Å². The van der Waals surface area contributed by atoms with Gasteiger partial charge in [-0.3, -0.25) is 14.9 Å². The molecule has 8 heteroatoms. The van der Waals surface area contributed by atoms with Crippen LogP contribution < -0.4 is 11.1 Å². The van der Waals surface area contributed by atoms with Crippen LogP contribution in [0.2, 0.25) is 0 Å². The summed E-state index contributed by atoms with van der Waals surface area (Å²) in [6.07, 6.45) is 3.18. The lowest BCUT2D eigenvalue weighted by atomic mass is 10.1. The molecule has 1 fully saturated rings.